The van der Waals surface area contributed by atoms with Crippen molar-refractivity contribution in [1.29, 1.82) is 0 Å². The number of benzene rings is 1. The molecule has 1 amide bonds. The predicted molar refractivity (Wildman–Crippen MR) is 74.1 cm³/mol. The van der Waals surface area contributed by atoms with Crippen molar-refractivity contribution in [2.24, 2.45) is 0 Å². The molecule has 1 aliphatic rings. The van der Waals surface area contributed by atoms with Gasteiger partial charge in [0.15, 0.2) is 0 Å². The molecule has 1 N–H and O–H groups in total. The summed E-state index contributed by atoms with van der Waals surface area (Å²) in [5, 5.41) is 9.99. The molecule has 0 radical (unpaired) electrons. The lowest BCUT2D eigenvalue weighted by molar-refractivity contribution is 0.0266. The SMILES string of the molecule is CN(C(=O)c1ccccc1S)C1CCCCC1O. The Morgan fingerprint density at radius 1 is 1.33 bits per heavy atom. The van der Waals surface area contributed by atoms with Gasteiger partial charge in [-0.15, -0.1) is 12.6 Å². The number of nitrogens with zero attached hydrogens (tertiary/aromatic N) is 1. The molecule has 0 aromatic heterocycles. The van der Waals surface area contributed by atoms with Gasteiger partial charge in [-0.1, -0.05) is 25.0 Å². The second-order valence-electron chi connectivity index (χ2n) is 4.85. The molecule has 1 aromatic rings. The summed E-state index contributed by atoms with van der Waals surface area (Å²) in [6.07, 6.45) is 3.37. The maximum Gasteiger partial charge on any atom is 0.255 e. The first-order valence-corrected chi connectivity index (χ1v) is 6.79. The first-order chi connectivity index (χ1) is 8.61. The third-order valence-electron chi connectivity index (χ3n) is 3.65. The number of thiol groups is 1. The largest absolute Gasteiger partial charge is 0.391 e. The van der Waals surface area contributed by atoms with Crippen molar-refractivity contribution in [1.82, 2.24) is 4.90 Å². The van der Waals surface area contributed by atoms with Crippen LogP contribution in [0.15, 0.2) is 29.2 Å². The average Bonchev–Trinajstić information content (AvgIpc) is 2.38. The lowest BCUT2D eigenvalue weighted by Crippen LogP contribution is -2.46. The van der Waals surface area contributed by atoms with E-state index in [1.807, 2.05) is 18.2 Å². The standard InChI is InChI=1S/C14H19NO2S/c1-15(11-7-3-4-8-12(11)16)14(17)10-6-2-5-9-13(10)18/h2,5-6,9,11-12,16,18H,3-4,7-8H2,1H3. The van der Waals surface area contributed by atoms with Gasteiger partial charge in [-0.05, 0) is 25.0 Å². The summed E-state index contributed by atoms with van der Waals surface area (Å²) in [5.41, 5.74) is 0.598. The van der Waals surface area contributed by atoms with Crippen LogP contribution >= 0.6 is 12.6 Å². The Bertz CT molecular complexity index is 436. The third-order valence-corrected chi connectivity index (χ3v) is 4.04. The lowest BCUT2D eigenvalue weighted by Gasteiger charge is -2.35. The summed E-state index contributed by atoms with van der Waals surface area (Å²) in [6, 6.07) is 7.20. The number of rotatable bonds is 2. The molecule has 2 unspecified atom stereocenters. The maximum atomic E-state index is 12.4. The molecule has 4 heteroatoms. The maximum absolute atomic E-state index is 12.4. The Kier molecular flexibility index (Phi) is 4.30. The molecule has 2 atom stereocenters. The van der Waals surface area contributed by atoms with Crippen molar-refractivity contribution in [3.63, 3.8) is 0 Å². The minimum Gasteiger partial charge on any atom is -0.391 e. The molecule has 98 valence electrons. The first-order valence-electron chi connectivity index (χ1n) is 6.34. The van der Waals surface area contributed by atoms with Gasteiger partial charge >= 0.3 is 0 Å². The second-order valence-corrected chi connectivity index (χ2v) is 5.33. The highest BCUT2D eigenvalue weighted by Gasteiger charge is 2.30. The Morgan fingerprint density at radius 3 is 2.67 bits per heavy atom. The Hall–Kier alpha value is -1.00. The zero-order valence-electron chi connectivity index (χ0n) is 10.5. The van der Waals surface area contributed by atoms with Gasteiger partial charge in [0.25, 0.3) is 5.91 Å². The van der Waals surface area contributed by atoms with E-state index in [0.29, 0.717) is 10.5 Å². The molecule has 0 aliphatic heterocycles. The van der Waals surface area contributed by atoms with Gasteiger partial charge in [-0.3, -0.25) is 4.79 Å². The van der Waals surface area contributed by atoms with Crippen LogP contribution in [-0.2, 0) is 0 Å². The number of likely N-dealkylation sites (N-methyl/N-ethyl adjacent to an activating group) is 1. The fourth-order valence-electron chi connectivity index (χ4n) is 2.54. The van der Waals surface area contributed by atoms with Gasteiger partial charge in [0.2, 0.25) is 0 Å². The number of aliphatic hydroxyl groups excluding tert-OH is 1. The van der Waals surface area contributed by atoms with Crippen molar-refractivity contribution in [3.8, 4) is 0 Å². The van der Waals surface area contributed by atoms with E-state index in [-0.39, 0.29) is 11.9 Å². The summed E-state index contributed by atoms with van der Waals surface area (Å²) >= 11 is 4.31. The first kappa shape index (κ1) is 13.4. The van der Waals surface area contributed by atoms with Crippen LogP contribution in [0.4, 0.5) is 0 Å². The third kappa shape index (κ3) is 2.70. The minimum atomic E-state index is -0.403. The van der Waals surface area contributed by atoms with E-state index in [4.69, 9.17) is 0 Å². The van der Waals surface area contributed by atoms with Crippen LogP contribution in [0.1, 0.15) is 36.0 Å². The van der Waals surface area contributed by atoms with Crippen LogP contribution in [0.3, 0.4) is 0 Å². The van der Waals surface area contributed by atoms with Crippen molar-refractivity contribution >= 4 is 18.5 Å². The molecule has 1 saturated carbocycles. The Balaban J connectivity index is 2.16. The molecular weight excluding hydrogens is 246 g/mol. The summed E-state index contributed by atoms with van der Waals surface area (Å²) in [7, 11) is 1.77. The number of hydrogen-bond donors (Lipinski definition) is 2. The molecule has 18 heavy (non-hydrogen) atoms. The molecule has 1 fully saturated rings. The number of aliphatic hydroxyl groups is 1. The van der Waals surface area contributed by atoms with Crippen LogP contribution in [0.5, 0.6) is 0 Å². The van der Waals surface area contributed by atoms with Crippen LogP contribution in [0, 0.1) is 0 Å². The number of carbonyl (C=O) groups excluding carboxylic acids is 1. The van der Waals surface area contributed by atoms with Crippen LogP contribution in [-0.4, -0.2) is 35.1 Å². The summed E-state index contributed by atoms with van der Waals surface area (Å²) in [5.74, 6) is -0.0634. The van der Waals surface area contributed by atoms with Gasteiger partial charge in [-0.2, -0.15) is 0 Å². The molecular formula is C14H19NO2S. The molecule has 1 aromatic carbocycles. The predicted octanol–water partition coefficient (Wildman–Crippen LogP) is 2.35. The molecule has 0 saturated heterocycles. The number of carbonyl (C=O) groups is 1. The van der Waals surface area contributed by atoms with Crippen LogP contribution in [0.2, 0.25) is 0 Å². The van der Waals surface area contributed by atoms with E-state index >= 15 is 0 Å². The zero-order chi connectivity index (χ0) is 13.1. The summed E-state index contributed by atoms with van der Waals surface area (Å²) in [6.45, 7) is 0. The van der Waals surface area contributed by atoms with Crippen LogP contribution in [0.25, 0.3) is 0 Å². The van der Waals surface area contributed by atoms with Gasteiger partial charge < -0.3 is 10.0 Å². The van der Waals surface area contributed by atoms with Gasteiger partial charge in [0.05, 0.1) is 17.7 Å². The second kappa shape index (κ2) is 5.76. The van der Waals surface area contributed by atoms with Gasteiger partial charge in [0.1, 0.15) is 0 Å². The van der Waals surface area contributed by atoms with E-state index in [1.54, 1.807) is 18.0 Å². The van der Waals surface area contributed by atoms with E-state index in [9.17, 15) is 9.90 Å². The highest BCUT2D eigenvalue weighted by Crippen LogP contribution is 2.24. The molecule has 2 rings (SSSR count). The minimum absolute atomic E-state index is 0.0634. The van der Waals surface area contributed by atoms with E-state index < -0.39 is 6.10 Å². The zero-order valence-corrected chi connectivity index (χ0v) is 11.4. The Labute approximate surface area is 113 Å². The highest BCUT2D eigenvalue weighted by molar-refractivity contribution is 7.80. The number of amides is 1. The van der Waals surface area contributed by atoms with Crippen molar-refractivity contribution < 1.29 is 9.90 Å². The van der Waals surface area contributed by atoms with Gasteiger partial charge in [0, 0.05) is 11.9 Å². The monoisotopic (exact) mass is 265 g/mol. The van der Waals surface area contributed by atoms with Crippen LogP contribution < -0.4 is 0 Å². The normalized spacial score (nSPS) is 23.7. The summed E-state index contributed by atoms with van der Waals surface area (Å²) in [4.78, 5) is 14.7. The van der Waals surface area contributed by atoms with Crippen molar-refractivity contribution in [2.45, 2.75) is 42.7 Å². The fraction of sp³-hybridized carbons (Fsp3) is 0.500. The van der Waals surface area contributed by atoms with Crippen molar-refractivity contribution in [2.75, 3.05) is 7.05 Å². The molecule has 0 bridgehead atoms. The fourth-order valence-corrected chi connectivity index (χ4v) is 2.79. The number of hydrogen-bond acceptors (Lipinski definition) is 3. The quantitative estimate of drug-likeness (QED) is 0.806. The van der Waals surface area contributed by atoms with E-state index in [0.717, 1.165) is 25.7 Å². The average molecular weight is 265 g/mol. The topological polar surface area (TPSA) is 40.5 Å². The smallest absolute Gasteiger partial charge is 0.255 e. The van der Waals surface area contributed by atoms with Crippen molar-refractivity contribution in [3.05, 3.63) is 29.8 Å². The van der Waals surface area contributed by atoms with E-state index in [2.05, 4.69) is 12.6 Å². The molecule has 3 nitrogen and oxygen atoms in total. The molecule has 0 heterocycles. The molecule has 1 aliphatic carbocycles. The molecule has 0 spiro atoms. The summed E-state index contributed by atoms with van der Waals surface area (Å²) < 4.78 is 0. The van der Waals surface area contributed by atoms with E-state index in [1.165, 1.54) is 0 Å². The lowest BCUT2D eigenvalue weighted by atomic mass is 9.91. The Morgan fingerprint density at radius 2 is 2.00 bits per heavy atom. The van der Waals surface area contributed by atoms with Gasteiger partial charge in [-0.25, -0.2) is 0 Å². The highest BCUT2D eigenvalue weighted by atomic mass is 32.1.